The maximum Gasteiger partial charge on any atom is 0.323 e. The quantitative estimate of drug-likeness (QED) is 0.903. The van der Waals surface area contributed by atoms with Crippen molar-refractivity contribution in [1.82, 2.24) is 5.32 Å². The first-order valence-electron chi connectivity index (χ1n) is 7.52. The normalized spacial score (nSPS) is 22.4. The van der Waals surface area contributed by atoms with Crippen LogP contribution in [0.4, 0.5) is 10.5 Å². The van der Waals surface area contributed by atoms with Gasteiger partial charge in [0.25, 0.3) is 0 Å². The van der Waals surface area contributed by atoms with E-state index < -0.39 is 15.4 Å². The standard InChI is InChI=1S/C17H16N2O4S/c1-24(21,22)13-7-8-15-14(9-13)19-16(20)18-10-17(19,11-23-15)12-5-3-2-4-6-12/h2-9H,10-11H2,1H3,(H,18,20). The third-order valence-corrected chi connectivity index (χ3v) is 5.65. The molecule has 1 atom stereocenters. The summed E-state index contributed by atoms with van der Waals surface area (Å²) in [4.78, 5) is 14.3. The number of benzene rings is 2. The highest BCUT2D eigenvalue weighted by Gasteiger charge is 2.51. The first-order chi connectivity index (χ1) is 11.4. The van der Waals surface area contributed by atoms with Gasteiger partial charge in [-0.3, -0.25) is 4.90 Å². The number of ether oxygens (including phenoxy) is 1. The average molecular weight is 344 g/mol. The van der Waals surface area contributed by atoms with Crippen molar-refractivity contribution in [2.75, 3.05) is 24.3 Å². The van der Waals surface area contributed by atoms with Gasteiger partial charge in [0.05, 0.1) is 17.1 Å². The van der Waals surface area contributed by atoms with Crippen LogP contribution in [0.3, 0.4) is 0 Å². The molecule has 0 radical (unpaired) electrons. The minimum absolute atomic E-state index is 0.161. The van der Waals surface area contributed by atoms with Crippen LogP contribution in [-0.4, -0.2) is 33.9 Å². The van der Waals surface area contributed by atoms with E-state index in [1.807, 2.05) is 30.3 Å². The maximum absolute atomic E-state index is 12.5. The van der Waals surface area contributed by atoms with Gasteiger partial charge in [-0.1, -0.05) is 30.3 Å². The minimum Gasteiger partial charge on any atom is -0.488 e. The molecule has 1 N–H and O–H groups in total. The number of anilines is 1. The largest absolute Gasteiger partial charge is 0.488 e. The van der Waals surface area contributed by atoms with Gasteiger partial charge < -0.3 is 10.1 Å². The second-order valence-corrected chi connectivity index (χ2v) is 8.10. The van der Waals surface area contributed by atoms with Crippen LogP contribution in [0.15, 0.2) is 53.4 Å². The smallest absolute Gasteiger partial charge is 0.323 e. The Kier molecular flexibility index (Phi) is 3.11. The number of rotatable bonds is 2. The van der Waals surface area contributed by atoms with E-state index in [2.05, 4.69) is 5.32 Å². The van der Waals surface area contributed by atoms with Gasteiger partial charge in [-0.15, -0.1) is 0 Å². The van der Waals surface area contributed by atoms with Gasteiger partial charge in [-0.05, 0) is 23.8 Å². The molecule has 2 aromatic rings. The molecule has 0 aromatic heterocycles. The molecule has 2 aliphatic rings. The Labute approximate surface area is 140 Å². The summed E-state index contributed by atoms with van der Waals surface area (Å²) in [5.41, 5.74) is 0.739. The van der Waals surface area contributed by atoms with Crippen molar-refractivity contribution in [3.8, 4) is 5.75 Å². The highest BCUT2D eigenvalue weighted by Crippen LogP contribution is 2.45. The number of urea groups is 1. The van der Waals surface area contributed by atoms with Crippen molar-refractivity contribution in [2.45, 2.75) is 10.4 Å². The number of sulfone groups is 1. The Hall–Kier alpha value is -2.54. The van der Waals surface area contributed by atoms with Gasteiger partial charge in [-0.25, -0.2) is 13.2 Å². The predicted molar refractivity (Wildman–Crippen MR) is 89.0 cm³/mol. The number of amides is 2. The SMILES string of the molecule is CS(=O)(=O)c1ccc2c(c1)N1C(=O)NCC1(c1ccccc1)CO2. The van der Waals surface area contributed by atoms with E-state index >= 15 is 0 Å². The Bertz CT molecular complexity index is 927. The van der Waals surface area contributed by atoms with E-state index in [0.717, 1.165) is 11.8 Å². The van der Waals surface area contributed by atoms with Crippen LogP contribution >= 0.6 is 0 Å². The third-order valence-electron chi connectivity index (χ3n) is 4.54. The van der Waals surface area contributed by atoms with Crippen LogP contribution in [0.5, 0.6) is 5.75 Å². The first-order valence-corrected chi connectivity index (χ1v) is 9.41. The molecule has 2 heterocycles. The second kappa shape index (κ2) is 4.98. The van der Waals surface area contributed by atoms with Crippen LogP contribution in [0, 0.1) is 0 Å². The van der Waals surface area contributed by atoms with E-state index in [9.17, 15) is 13.2 Å². The fourth-order valence-corrected chi connectivity index (χ4v) is 3.96. The lowest BCUT2D eigenvalue weighted by molar-refractivity contribution is 0.206. The molecule has 1 saturated heterocycles. The van der Waals surface area contributed by atoms with Crippen LogP contribution in [0.25, 0.3) is 0 Å². The van der Waals surface area contributed by atoms with Crippen LogP contribution in [0.2, 0.25) is 0 Å². The Morgan fingerprint density at radius 1 is 1.17 bits per heavy atom. The van der Waals surface area contributed by atoms with E-state index in [1.165, 1.54) is 12.1 Å². The summed E-state index contributed by atoms with van der Waals surface area (Å²) < 4.78 is 29.6. The molecule has 6 nitrogen and oxygen atoms in total. The Morgan fingerprint density at radius 3 is 2.62 bits per heavy atom. The molecule has 24 heavy (non-hydrogen) atoms. The lowest BCUT2D eigenvalue weighted by atomic mass is 9.88. The molecule has 124 valence electrons. The van der Waals surface area contributed by atoms with Gasteiger partial charge >= 0.3 is 6.03 Å². The zero-order valence-corrected chi connectivity index (χ0v) is 13.8. The average Bonchev–Trinajstić information content (AvgIpc) is 2.93. The minimum atomic E-state index is -3.38. The van der Waals surface area contributed by atoms with E-state index in [-0.39, 0.29) is 10.9 Å². The number of carbonyl (C=O) groups is 1. The number of fused-ring (bicyclic) bond motifs is 3. The van der Waals surface area contributed by atoms with Crippen molar-refractivity contribution >= 4 is 21.6 Å². The highest BCUT2D eigenvalue weighted by atomic mass is 32.2. The third kappa shape index (κ3) is 2.08. The summed E-state index contributed by atoms with van der Waals surface area (Å²) in [6, 6.07) is 14.0. The van der Waals surface area contributed by atoms with Gasteiger partial charge in [0.15, 0.2) is 9.84 Å². The molecule has 2 aromatic carbocycles. The fourth-order valence-electron chi connectivity index (χ4n) is 3.31. The number of nitrogens with zero attached hydrogens (tertiary/aromatic N) is 1. The summed E-state index contributed by atoms with van der Waals surface area (Å²) in [5, 5.41) is 2.86. The molecule has 2 aliphatic heterocycles. The summed E-state index contributed by atoms with van der Waals surface area (Å²) >= 11 is 0. The van der Waals surface area contributed by atoms with Crippen LogP contribution in [-0.2, 0) is 15.4 Å². The van der Waals surface area contributed by atoms with Crippen LogP contribution in [0.1, 0.15) is 5.56 Å². The molecule has 1 fully saturated rings. The van der Waals surface area contributed by atoms with Crippen molar-refractivity contribution in [1.29, 1.82) is 0 Å². The molecule has 7 heteroatoms. The number of nitrogens with one attached hydrogen (secondary N) is 1. The van der Waals surface area contributed by atoms with Gasteiger partial charge in [0.1, 0.15) is 17.9 Å². The van der Waals surface area contributed by atoms with Crippen LogP contribution < -0.4 is 15.0 Å². The highest BCUT2D eigenvalue weighted by molar-refractivity contribution is 7.90. The topological polar surface area (TPSA) is 75.7 Å². The van der Waals surface area contributed by atoms with E-state index in [1.54, 1.807) is 11.0 Å². The molecule has 0 saturated carbocycles. The molecule has 2 amide bonds. The molecule has 0 spiro atoms. The number of hydrogen-bond acceptors (Lipinski definition) is 4. The monoisotopic (exact) mass is 344 g/mol. The predicted octanol–water partition coefficient (Wildman–Crippen LogP) is 1.91. The second-order valence-electron chi connectivity index (χ2n) is 6.08. The van der Waals surface area contributed by atoms with E-state index in [4.69, 9.17) is 4.74 Å². The summed E-state index contributed by atoms with van der Waals surface area (Å²) in [5.74, 6) is 0.506. The molecule has 4 rings (SSSR count). The molecule has 1 unspecified atom stereocenters. The zero-order chi connectivity index (χ0) is 16.9. The summed E-state index contributed by atoms with van der Waals surface area (Å²) in [7, 11) is -3.38. The molecular weight excluding hydrogens is 328 g/mol. The Balaban J connectivity index is 1.92. The molecule has 0 aliphatic carbocycles. The van der Waals surface area contributed by atoms with Crippen molar-refractivity contribution in [3.05, 3.63) is 54.1 Å². The summed E-state index contributed by atoms with van der Waals surface area (Å²) in [6.45, 7) is 0.708. The van der Waals surface area contributed by atoms with Crippen molar-refractivity contribution in [2.24, 2.45) is 0 Å². The molecule has 0 bridgehead atoms. The zero-order valence-electron chi connectivity index (χ0n) is 13.0. The summed E-state index contributed by atoms with van der Waals surface area (Å²) in [6.07, 6.45) is 1.15. The van der Waals surface area contributed by atoms with Crippen molar-refractivity contribution in [3.63, 3.8) is 0 Å². The van der Waals surface area contributed by atoms with Crippen molar-refractivity contribution < 1.29 is 17.9 Å². The molecular formula is C17H16N2O4S. The van der Waals surface area contributed by atoms with E-state index in [0.29, 0.717) is 24.6 Å². The van der Waals surface area contributed by atoms with Gasteiger partial charge in [0, 0.05) is 6.26 Å². The number of carbonyl (C=O) groups excluding carboxylic acids is 1. The lowest BCUT2D eigenvalue weighted by Gasteiger charge is -2.41. The maximum atomic E-state index is 12.5. The van der Waals surface area contributed by atoms with Gasteiger partial charge in [-0.2, -0.15) is 0 Å². The first kappa shape index (κ1) is 15.0. The number of hydrogen-bond donors (Lipinski definition) is 1. The Morgan fingerprint density at radius 2 is 1.92 bits per heavy atom. The lowest BCUT2D eigenvalue weighted by Crippen LogP contribution is -2.52. The van der Waals surface area contributed by atoms with Gasteiger partial charge in [0.2, 0.25) is 0 Å². The fraction of sp³-hybridized carbons (Fsp3) is 0.235.